The van der Waals surface area contributed by atoms with Gasteiger partial charge in [-0.3, -0.25) is 13.7 Å². The summed E-state index contributed by atoms with van der Waals surface area (Å²) in [7, 11) is -14.3. The Morgan fingerprint density at radius 2 is 1.41 bits per heavy atom. The van der Waals surface area contributed by atoms with Crippen LogP contribution in [0.25, 0.3) is 10.8 Å². The molecule has 3 aromatic carbocycles. The molecule has 0 heterocycles. The summed E-state index contributed by atoms with van der Waals surface area (Å²) in [5.41, 5.74) is 4.74. The van der Waals surface area contributed by atoms with Crippen LogP contribution in [0.1, 0.15) is 0 Å². The van der Waals surface area contributed by atoms with E-state index in [1.165, 1.54) is 0 Å². The maximum absolute atomic E-state index is 11.8. The molecule has 0 aromatic heterocycles. The molecule has 16 heteroatoms. The molecule has 6 N–H and O–H groups in total. The van der Waals surface area contributed by atoms with Crippen molar-refractivity contribution in [3.63, 3.8) is 0 Å². The summed E-state index contributed by atoms with van der Waals surface area (Å²) in [6.45, 7) is 0. The van der Waals surface area contributed by atoms with Crippen LogP contribution in [0.15, 0.2) is 61.3 Å². The number of phenols is 1. The van der Waals surface area contributed by atoms with E-state index in [9.17, 15) is 34.9 Å². The molecule has 0 unspecified atom stereocenters. The minimum atomic E-state index is -4.99. The van der Waals surface area contributed by atoms with Gasteiger partial charge in [0.25, 0.3) is 30.4 Å². The molecule has 0 aliphatic carbocycles. The lowest BCUT2D eigenvalue weighted by atomic mass is 10.1. The van der Waals surface area contributed by atoms with Crippen LogP contribution in [0.5, 0.6) is 5.75 Å². The third-order valence-corrected chi connectivity index (χ3v) is 6.56. The highest BCUT2D eigenvalue weighted by molar-refractivity contribution is 7.86. The number of hydrogen-bond acceptors (Lipinski definition) is 10. The molecule has 0 aliphatic heterocycles. The highest BCUT2D eigenvalue weighted by atomic mass is 32.2. The van der Waals surface area contributed by atoms with E-state index in [1.54, 1.807) is 0 Å². The molecule has 13 nitrogen and oxygen atoms in total. The molecular weight excluding hydrogens is 490 g/mol. The van der Waals surface area contributed by atoms with E-state index in [-0.39, 0.29) is 16.5 Å². The number of rotatable bonds is 5. The van der Waals surface area contributed by atoms with Gasteiger partial charge in [-0.05, 0) is 41.8 Å². The Kier molecular flexibility index (Phi) is 5.71. The van der Waals surface area contributed by atoms with Gasteiger partial charge in [-0.25, -0.2) is 0 Å². The van der Waals surface area contributed by atoms with Gasteiger partial charge in [0.15, 0.2) is 0 Å². The van der Waals surface area contributed by atoms with Crippen LogP contribution in [0.4, 0.5) is 17.1 Å². The van der Waals surface area contributed by atoms with E-state index in [0.29, 0.717) is 0 Å². The zero-order valence-electron chi connectivity index (χ0n) is 15.4. The Morgan fingerprint density at radius 1 is 0.812 bits per heavy atom. The minimum absolute atomic E-state index is 0.00399. The van der Waals surface area contributed by atoms with Gasteiger partial charge in [0.2, 0.25) is 0 Å². The Hall–Kier alpha value is -3.15. The molecule has 0 spiro atoms. The van der Waals surface area contributed by atoms with Gasteiger partial charge in [-0.1, -0.05) is 0 Å². The molecule has 3 aromatic rings. The van der Waals surface area contributed by atoms with E-state index in [0.717, 1.165) is 36.4 Å². The van der Waals surface area contributed by atoms with Gasteiger partial charge in [0.05, 0.1) is 22.3 Å². The van der Waals surface area contributed by atoms with E-state index >= 15 is 0 Å². The Balaban J connectivity index is 2.25. The second-order valence-electron chi connectivity index (χ2n) is 6.20. The molecule has 0 atom stereocenters. The molecule has 0 fully saturated rings. The summed E-state index contributed by atoms with van der Waals surface area (Å²) < 4.78 is 96.2. The van der Waals surface area contributed by atoms with E-state index < -0.39 is 62.2 Å². The van der Waals surface area contributed by atoms with Gasteiger partial charge in [-0.2, -0.15) is 30.4 Å². The van der Waals surface area contributed by atoms with Gasteiger partial charge in [0.1, 0.15) is 21.2 Å². The number of phenolic OH excluding ortho intramolecular Hbond substituents is 1. The highest BCUT2D eigenvalue weighted by Gasteiger charge is 2.24. The molecule has 32 heavy (non-hydrogen) atoms. The molecule has 0 saturated heterocycles. The predicted octanol–water partition coefficient (Wildman–Crippen LogP) is 2.08. The second-order valence-corrected chi connectivity index (χ2v) is 10.4. The fourth-order valence-electron chi connectivity index (χ4n) is 2.65. The second kappa shape index (κ2) is 7.76. The molecule has 0 saturated carbocycles. The minimum Gasteiger partial charge on any atom is -0.507 e. The van der Waals surface area contributed by atoms with E-state index in [1.807, 2.05) is 6.07 Å². The number of nitrogens with two attached hydrogens (primary N) is 1. The number of aromatic hydroxyl groups is 1. The van der Waals surface area contributed by atoms with Crippen molar-refractivity contribution in [1.29, 1.82) is 0 Å². The number of hydrogen-bond donors (Lipinski definition) is 5. The van der Waals surface area contributed by atoms with Crippen LogP contribution >= 0.6 is 0 Å². The average Bonchev–Trinajstić information content (AvgIpc) is 2.64. The number of azo groups is 1. The van der Waals surface area contributed by atoms with E-state index in [4.69, 9.17) is 14.8 Å². The van der Waals surface area contributed by atoms with E-state index in [2.05, 4.69) is 10.2 Å². The molecule has 0 aliphatic rings. The summed E-state index contributed by atoms with van der Waals surface area (Å²) in [6.07, 6.45) is 0. The molecule has 169 valence electrons. The van der Waals surface area contributed by atoms with Crippen molar-refractivity contribution in [2.24, 2.45) is 10.2 Å². The quantitative estimate of drug-likeness (QED) is 0.192. The Bertz CT molecular complexity index is 1600. The number of nitrogen functional groups attached to an aromatic ring is 1. The standard InChI is InChI=1S/C16H12N3O10S3/c17-15-14-8(5-11(7-12(14)20)31(24,25)26)6-13(32(27,28)29)16(15)19-18-9-1-3-10(4-2-9)30(21,22)23/h1-6,20H,17H2,(H,21,22,23)(H,24,25,26)(H,27,28,29). The van der Waals surface area contributed by atoms with Crippen molar-refractivity contribution in [2.45, 2.75) is 14.7 Å². The Labute approximate surface area is 181 Å². The first-order chi connectivity index (χ1) is 14.6. The molecule has 0 amide bonds. The Morgan fingerprint density at radius 3 is 1.91 bits per heavy atom. The number of nitrogens with zero attached hydrogens (tertiary/aromatic N) is 2. The largest absolute Gasteiger partial charge is 0.507 e. The fourth-order valence-corrected chi connectivity index (χ4v) is 4.31. The summed E-state index contributed by atoms with van der Waals surface area (Å²) in [4.78, 5) is -2.21. The van der Waals surface area contributed by atoms with Crippen LogP contribution in [0.2, 0.25) is 0 Å². The zero-order valence-corrected chi connectivity index (χ0v) is 17.8. The maximum atomic E-state index is 11.8. The van der Waals surface area contributed by atoms with Crippen molar-refractivity contribution in [3.8, 4) is 5.75 Å². The van der Waals surface area contributed by atoms with Crippen molar-refractivity contribution in [1.82, 2.24) is 0 Å². The van der Waals surface area contributed by atoms with Crippen molar-refractivity contribution in [3.05, 3.63) is 42.5 Å². The molecule has 3 rings (SSSR count). The average molecular weight is 502 g/mol. The van der Waals surface area contributed by atoms with Crippen LogP contribution in [0, 0.1) is 6.07 Å². The third kappa shape index (κ3) is 4.69. The lowest BCUT2D eigenvalue weighted by molar-refractivity contribution is 0.469. The first-order valence-corrected chi connectivity index (χ1v) is 12.4. The highest BCUT2D eigenvalue weighted by Crippen LogP contribution is 2.42. The fraction of sp³-hybridized carbons (Fsp3) is 0. The third-order valence-electron chi connectivity index (χ3n) is 4.05. The first-order valence-electron chi connectivity index (χ1n) is 8.05. The normalized spacial score (nSPS) is 13.1. The van der Waals surface area contributed by atoms with Crippen LogP contribution < -0.4 is 5.73 Å². The van der Waals surface area contributed by atoms with Gasteiger partial charge < -0.3 is 10.8 Å². The van der Waals surface area contributed by atoms with Crippen molar-refractivity contribution < 1.29 is 44.0 Å². The maximum Gasteiger partial charge on any atom is 0.296 e. The molecule has 0 bridgehead atoms. The SMILES string of the molecule is Nc1c(N=Nc2ccc(S(=O)(=O)O)cc2)c(S(=O)(=O)O)cc2cc(S(=O)(=O)O)[c]c(O)c12. The topological polar surface area (TPSA) is 234 Å². The zero-order chi connectivity index (χ0) is 24.1. The van der Waals surface area contributed by atoms with Crippen LogP contribution in [0.3, 0.4) is 0 Å². The van der Waals surface area contributed by atoms with Crippen LogP contribution in [-0.4, -0.2) is 44.0 Å². The lowest BCUT2D eigenvalue weighted by Crippen LogP contribution is -2.03. The molecule has 1 radical (unpaired) electrons. The summed E-state index contributed by atoms with van der Waals surface area (Å²) in [6, 6.07) is 7.74. The van der Waals surface area contributed by atoms with Gasteiger partial charge in [0, 0.05) is 5.39 Å². The van der Waals surface area contributed by atoms with Gasteiger partial charge >= 0.3 is 0 Å². The summed E-state index contributed by atoms with van der Waals surface area (Å²) in [5, 5.41) is 16.9. The smallest absolute Gasteiger partial charge is 0.296 e. The molecular formula is C16H12N3O10S3. The number of fused-ring (bicyclic) bond motifs is 1. The first kappa shape index (κ1) is 23.5. The monoisotopic (exact) mass is 502 g/mol. The predicted molar refractivity (Wildman–Crippen MR) is 109 cm³/mol. The van der Waals surface area contributed by atoms with Crippen LogP contribution in [-0.2, 0) is 30.4 Å². The van der Waals surface area contributed by atoms with Crippen molar-refractivity contribution >= 4 is 58.2 Å². The van der Waals surface area contributed by atoms with Gasteiger partial charge in [-0.15, -0.1) is 5.11 Å². The lowest BCUT2D eigenvalue weighted by Gasteiger charge is -2.12. The number of anilines is 1. The summed E-state index contributed by atoms with van der Waals surface area (Å²) >= 11 is 0. The number of benzene rings is 3. The van der Waals surface area contributed by atoms with Crippen molar-refractivity contribution in [2.75, 3.05) is 5.73 Å². The summed E-state index contributed by atoms with van der Waals surface area (Å²) in [5.74, 6) is -0.858.